The van der Waals surface area contributed by atoms with Crippen LogP contribution in [0.4, 0.5) is 0 Å². The fourth-order valence-corrected chi connectivity index (χ4v) is 1.85. The van der Waals surface area contributed by atoms with E-state index >= 15 is 0 Å². The van der Waals surface area contributed by atoms with Crippen molar-refractivity contribution in [2.75, 3.05) is 0 Å². The third-order valence-corrected chi connectivity index (χ3v) is 2.77. The summed E-state index contributed by atoms with van der Waals surface area (Å²) in [6.07, 6.45) is 3.40. The molecule has 0 aliphatic heterocycles. The molecule has 1 aromatic heterocycles. The van der Waals surface area contributed by atoms with Crippen LogP contribution >= 0.6 is 0 Å². The van der Waals surface area contributed by atoms with Gasteiger partial charge in [-0.25, -0.2) is 4.79 Å². The van der Waals surface area contributed by atoms with Crippen molar-refractivity contribution in [1.29, 1.82) is 0 Å². The van der Waals surface area contributed by atoms with E-state index in [9.17, 15) is 9.90 Å². The van der Waals surface area contributed by atoms with Gasteiger partial charge in [0.05, 0.1) is 11.3 Å². The Balaban J connectivity index is 2.69. The molecule has 0 aliphatic rings. The lowest BCUT2D eigenvalue weighted by atomic mass is 9.96. The third kappa shape index (κ3) is 2.03. The van der Waals surface area contributed by atoms with Crippen molar-refractivity contribution in [3.63, 3.8) is 0 Å². The predicted octanol–water partition coefficient (Wildman–Crippen LogP) is 1.40. The molecule has 1 aromatic carbocycles. The van der Waals surface area contributed by atoms with Gasteiger partial charge in [-0.3, -0.25) is 4.57 Å². The maximum atomic E-state index is 11.9. The predicted molar refractivity (Wildman–Crippen MR) is 66.3 cm³/mol. The van der Waals surface area contributed by atoms with Crippen molar-refractivity contribution in [3.8, 4) is 5.69 Å². The Morgan fingerprint density at radius 1 is 1.18 bits per heavy atom. The second-order valence-corrected chi connectivity index (χ2v) is 4.64. The van der Waals surface area contributed by atoms with Gasteiger partial charge in [0.25, 0.3) is 0 Å². The molecule has 0 spiro atoms. The maximum absolute atomic E-state index is 11.9. The fourth-order valence-electron chi connectivity index (χ4n) is 1.85. The number of hydrogen-bond acceptors (Lipinski definition) is 2. The molecule has 90 valence electrons. The van der Waals surface area contributed by atoms with Crippen LogP contribution in [0, 0.1) is 0 Å². The van der Waals surface area contributed by atoms with Gasteiger partial charge < -0.3 is 9.67 Å². The first-order valence-electron chi connectivity index (χ1n) is 5.47. The normalized spacial score (nSPS) is 11.8. The van der Waals surface area contributed by atoms with Crippen LogP contribution in [0.15, 0.2) is 41.5 Å². The van der Waals surface area contributed by atoms with E-state index in [0.717, 1.165) is 5.56 Å². The average Bonchev–Trinajstić information content (AvgIpc) is 2.59. The summed E-state index contributed by atoms with van der Waals surface area (Å²) >= 11 is 0. The molecule has 2 rings (SSSR count). The van der Waals surface area contributed by atoms with Gasteiger partial charge in [0, 0.05) is 25.0 Å². The van der Waals surface area contributed by atoms with E-state index < -0.39 is 5.60 Å². The smallest absolute Gasteiger partial charge is 0.332 e. The standard InChI is InChI=1S/C13H16N2O2/c1-13(2,17)10-6-4-5-7-11(10)15-9-8-14(3)12(15)16/h4-9,17H,1-3H3. The van der Waals surface area contributed by atoms with E-state index in [1.165, 1.54) is 9.13 Å². The maximum Gasteiger partial charge on any atom is 0.332 e. The Hall–Kier alpha value is -1.81. The van der Waals surface area contributed by atoms with E-state index in [4.69, 9.17) is 0 Å². The summed E-state index contributed by atoms with van der Waals surface area (Å²) < 4.78 is 3.04. The molecule has 0 fully saturated rings. The topological polar surface area (TPSA) is 47.2 Å². The van der Waals surface area contributed by atoms with Gasteiger partial charge >= 0.3 is 5.69 Å². The molecule has 0 bridgehead atoms. The van der Waals surface area contributed by atoms with Gasteiger partial charge in [-0.05, 0) is 19.9 Å². The third-order valence-electron chi connectivity index (χ3n) is 2.77. The van der Waals surface area contributed by atoms with E-state index in [0.29, 0.717) is 5.69 Å². The number of imidazole rings is 1. The number of rotatable bonds is 2. The highest BCUT2D eigenvalue weighted by molar-refractivity contribution is 5.43. The molecule has 2 aromatic rings. The number of para-hydroxylation sites is 1. The largest absolute Gasteiger partial charge is 0.386 e. The fraction of sp³-hybridized carbons (Fsp3) is 0.308. The zero-order valence-corrected chi connectivity index (χ0v) is 10.2. The molecule has 1 N–H and O–H groups in total. The number of aromatic nitrogens is 2. The zero-order chi connectivity index (χ0) is 12.6. The molecule has 1 heterocycles. The lowest BCUT2D eigenvalue weighted by molar-refractivity contribution is 0.0785. The summed E-state index contributed by atoms with van der Waals surface area (Å²) in [5.41, 5.74) is 0.340. The Bertz CT molecular complexity index is 588. The number of aliphatic hydroxyl groups is 1. The number of benzene rings is 1. The van der Waals surface area contributed by atoms with Crippen molar-refractivity contribution in [3.05, 3.63) is 52.7 Å². The molecule has 0 saturated heterocycles. The van der Waals surface area contributed by atoms with E-state index in [2.05, 4.69) is 0 Å². The lowest BCUT2D eigenvalue weighted by Crippen LogP contribution is -2.25. The van der Waals surface area contributed by atoms with Gasteiger partial charge in [-0.15, -0.1) is 0 Å². The van der Waals surface area contributed by atoms with Gasteiger partial charge in [-0.2, -0.15) is 0 Å². The van der Waals surface area contributed by atoms with Crippen molar-refractivity contribution < 1.29 is 5.11 Å². The number of hydrogen-bond donors (Lipinski definition) is 1. The minimum absolute atomic E-state index is 0.123. The van der Waals surface area contributed by atoms with Crippen LogP contribution in [0.5, 0.6) is 0 Å². The number of nitrogens with zero attached hydrogens (tertiary/aromatic N) is 2. The monoisotopic (exact) mass is 232 g/mol. The Kier molecular flexibility index (Phi) is 2.67. The summed E-state index contributed by atoms with van der Waals surface area (Å²) in [5, 5.41) is 10.1. The van der Waals surface area contributed by atoms with E-state index in [-0.39, 0.29) is 5.69 Å². The van der Waals surface area contributed by atoms with Crippen LogP contribution in [0.1, 0.15) is 19.4 Å². The first-order valence-corrected chi connectivity index (χ1v) is 5.47. The molecule has 4 heteroatoms. The van der Waals surface area contributed by atoms with Crippen molar-refractivity contribution in [2.45, 2.75) is 19.4 Å². The second kappa shape index (κ2) is 3.89. The summed E-state index contributed by atoms with van der Waals surface area (Å²) in [6.45, 7) is 3.42. The van der Waals surface area contributed by atoms with Crippen LogP contribution in [0.2, 0.25) is 0 Å². The molecule has 0 amide bonds. The molecule has 4 nitrogen and oxygen atoms in total. The molecule has 0 aliphatic carbocycles. The van der Waals surface area contributed by atoms with Gasteiger partial charge in [0.2, 0.25) is 0 Å². The minimum Gasteiger partial charge on any atom is -0.386 e. The van der Waals surface area contributed by atoms with Crippen LogP contribution in [0.25, 0.3) is 5.69 Å². The van der Waals surface area contributed by atoms with Crippen LogP contribution in [-0.2, 0) is 12.6 Å². The molecule has 0 saturated carbocycles. The Labute approximate surface area is 99.8 Å². The molecule has 17 heavy (non-hydrogen) atoms. The van der Waals surface area contributed by atoms with Crippen molar-refractivity contribution in [1.82, 2.24) is 9.13 Å². The van der Waals surface area contributed by atoms with E-state index in [1.807, 2.05) is 24.3 Å². The van der Waals surface area contributed by atoms with Gasteiger partial charge in [0.15, 0.2) is 0 Å². The highest BCUT2D eigenvalue weighted by Crippen LogP contribution is 2.25. The molecule has 0 atom stereocenters. The summed E-state index contributed by atoms with van der Waals surface area (Å²) in [4.78, 5) is 11.9. The summed E-state index contributed by atoms with van der Waals surface area (Å²) in [7, 11) is 1.70. The van der Waals surface area contributed by atoms with Gasteiger partial charge in [-0.1, -0.05) is 18.2 Å². The highest BCUT2D eigenvalue weighted by atomic mass is 16.3. The van der Waals surface area contributed by atoms with Crippen LogP contribution in [0.3, 0.4) is 0 Å². The second-order valence-electron chi connectivity index (χ2n) is 4.64. The van der Waals surface area contributed by atoms with Crippen molar-refractivity contribution >= 4 is 0 Å². The summed E-state index contributed by atoms with van der Waals surface area (Å²) in [6, 6.07) is 7.36. The minimum atomic E-state index is -0.980. The highest BCUT2D eigenvalue weighted by Gasteiger charge is 2.21. The first-order chi connectivity index (χ1) is 7.91. The van der Waals surface area contributed by atoms with Gasteiger partial charge in [0.1, 0.15) is 0 Å². The molecular weight excluding hydrogens is 216 g/mol. The lowest BCUT2D eigenvalue weighted by Gasteiger charge is -2.21. The average molecular weight is 232 g/mol. The van der Waals surface area contributed by atoms with Crippen LogP contribution in [-0.4, -0.2) is 14.2 Å². The molecule has 0 radical (unpaired) electrons. The number of aryl methyl sites for hydroxylation is 1. The van der Waals surface area contributed by atoms with E-state index in [1.54, 1.807) is 33.3 Å². The SMILES string of the molecule is Cn1ccn(-c2ccccc2C(C)(C)O)c1=O. The molecular formula is C13H16N2O2. The zero-order valence-electron chi connectivity index (χ0n) is 10.2. The Morgan fingerprint density at radius 3 is 2.35 bits per heavy atom. The van der Waals surface area contributed by atoms with Crippen LogP contribution < -0.4 is 5.69 Å². The quantitative estimate of drug-likeness (QED) is 0.850. The summed E-state index contributed by atoms with van der Waals surface area (Å²) in [5.74, 6) is 0. The first kappa shape index (κ1) is 11.7. The molecule has 0 unspecified atom stereocenters. The van der Waals surface area contributed by atoms with Crippen molar-refractivity contribution in [2.24, 2.45) is 7.05 Å². The Morgan fingerprint density at radius 2 is 1.82 bits per heavy atom.